The standard InChI is InChI=1S/C24H37N5O3.HI/c1-4-8-22-27-23(32-28-22)20-10-6-9-19(17-20)18-26-24(25-5-2)29-13-11-21(12-14-29)31-16-7-15-30-3;/h6,9-10,17,21H,4-5,7-8,11-16,18H2,1-3H3,(H,25,26);1H. The van der Waals surface area contributed by atoms with E-state index in [4.69, 9.17) is 19.0 Å². The molecule has 1 aliphatic rings. The summed E-state index contributed by atoms with van der Waals surface area (Å²) >= 11 is 0. The predicted octanol–water partition coefficient (Wildman–Crippen LogP) is 4.29. The molecule has 2 aromatic rings. The van der Waals surface area contributed by atoms with Gasteiger partial charge in [-0.05, 0) is 50.3 Å². The van der Waals surface area contributed by atoms with Crippen LogP contribution in [0.4, 0.5) is 0 Å². The van der Waals surface area contributed by atoms with Crippen LogP contribution < -0.4 is 5.32 Å². The summed E-state index contributed by atoms with van der Waals surface area (Å²) in [5, 5.41) is 7.50. The fourth-order valence-corrected chi connectivity index (χ4v) is 3.78. The highest BCUT2D eigenvalue weighted by Crippen LogP contribution is 2.20. The highest BCUT2D eigenvalue weighted by atomic mass is 127. The Morgan fingerprint density at radius 1 is 1.24 bits per heavy atom. The number of aromatic nitrogens is 2. The number of aryl methyl sites for hydroxylation is 1. The highest BCUT2D eigenvalue weighted by molar-refractivity contribution is 14.0. The van der Waals surface area contributed by atoms with E-state index in [0.717, 1.165) is 87.9 Å². The zero-order valence-corrected chi connectivity index (χ0v) is 22.4. The molecule has 2 heterocycles. The summed E-state index contributed by atoms with van der Waals surface area (Å²) < 4.78 is 16.5. The van der Waals surface area contributed by atoms with Crippen molar-refractivity contribution in [2.45, 2.75) is 58.6 Å². The van der Waals surface area contributed by atoms with Gasteiger partial charge in [-0.15, -0.1) is 24.0 Å². The maximum Gasteiger partial charge on any atom is 0.257 e. The first-order valence-electron chi connectivity index (χ1n) is 11.8. The van der Waals surface area contributed by atoms with Gasteiger partial charge in [0.2, 0.25) is 0 Å². The van der Waals surface area contributed by atoms with Gasteiger partial charge in [-0.25, -0.2) is 4.99 Å². The summed E-state index contributed by atoms with van der Waals surface area (Å²) in [6, 6.07) is 8.18. The third-order valence-electron chi connectivity index (χ3n) is 5.45. The lowest BCUT2D eigenvalue weighted by atomic mass is 10.1. The van der Waals surface area contributed by atoms with Crippen molar-refractivity contribution in [3.8, 4) is 11.5 Å². The average molecular weight is 572 g/mol. The van der Waals surface area contributed by atoms with Gasteiger partial charge in [0.15, 0.2) is 11.8 Å². The van der Waals surface area contributed by atoms with E-state index in [2.05, 4.69) is 46.3 Å². The second kappa shape index (κ2) is 15.2. The van der Waals surface area contributed by atoms with E-state index in [1.165, 1.54) is 0 Å². The van der Waals surface area contributed by atoms with Crippen LogP contribution in [0.5, 0.6) is 0 Å². The molecule has 0 amide bonds. The van der Waals surface area contributed by atoms with Gasteiger partial charge >= 0.3 is 0 Å². The number of likely N-dealkylation sites (tertiary alicyclic amines) is 1. The lowest BCUT2D eigenvalue weighted by Gasteiger charge is -2.34. The molecule has 0 aliphatic carbocycles. The molecule has 1 fully saturated rings. The molecule has 0 saturated carbocycles. The Morgan fingerprint density at radius 2 is 2.06 bits per heavy atom. The molecule has 0 unspecified atom stereocenters. The Morgan fingerprint density at radius 3 is 2.79 bits per heavy atom. The van der Waals surface area contributed by atoms with Gasteiger partial charge in [0.05, 0.1) is 12.6 Å². The van der Waals surface area contributed by atoms with Crippen molar-refractivity contribution in [2.24, 2.45) is 4.99 Å². The molecule has 1 aromatic heterocycles. The van der Waals surface area contributed by atoms with Crippen molar-refractivity contribution in [1.29, 1.82) is 0 Å². The van der Waals surface area contributed by atoms with E-state index < -0.39 is 0 Å². The summed E-state index contributed by atoms with van der Waals surface area (Å²) in [7, 11) is 1.73. The number of nitrogens with zero attached hydrogens (tertiary/aromatic N) is 4. The van der Waals surface area contributed by atoms with E-state index in [-0.39, 0.29) is 24.0 Å². The minimum atomic E-state index is 0. The zero-order valence-electron chi connectivity index (χ0n) is 20.1. The number of halogens is 1. The number of nitrogens with one attached hydrogen (secondary N) is 1. The maximum atomic E-state index is 5.99. The van der Waals surface area contributed by atoms with Gasteiger partial charge in [0.1, 0.15) is 0 Å². The Balaban J connectivity index is 0.00000385. The molecule has 33 heavy (non-hydrogen) atoms. The summed E-state index contributed by atoms with van der Waals surface area (Å²) in [5.74, 6) is 2.28. The molecular weight excluding hydrogens is 533 g/mol. The van der Waals surface area contributed by atoms with E-state index in [9.17, 15) is 0 Å². The van der Waals surface area contributed by atoms with Gasteiger partial charge < -0.3 is 24.2 Å². The van der Waals surface area contributed by atoms with Gasteiger partial charge in [0, 0.05) is 51.9 Å². The van der Waals surface area contributed by atoms with Gasteiger partial charge in [-0.1, -0.05) is 24.2 Å². The lowest BCUT2D eigenvalue weighted by Crippen LogP contribution is -2.47. The molecule has 1 saturated heterocycles. The number of rotatable bonds is 11. The summed E-state index contributed by atoms with van der Waals surface area (Å²) in [6.45, 7) is 9.06. The number of aliphatic imine (C=N–C) groups is 1. The Kier molecular flexibility index (Phi) is 12.7. The second-order valence-corrected chi connectivity index (χ2v) is 8.04. The van der Waals surface area contributed by atoms with Gasteiger partial charge in [-0.3, -0.25) is 0 Å². The topological polar surface area (TPSA) is 85.0 Å². The van der Waals surface area contributed by atoms with Gasteiger partial charge in [-0.2, -0.15) is 4.98 Å². The number of benzene rings is 1. The number of methoxy groups -OCH3 is 1. The first-order valence-corrected chi connectivity index (χ1v) is 11.8. The van der Waals surface area contributed by atoms with Crippen molar-refractivity contribution in [2.75, 3.05) is 40.0 Å². The quantitative estimate of drug-likeness (QED) is 0.187. The molecule has 0 atom stereocenters. The molecule has 1 aliphatic heterocycles. The van der Waals surface area contributed by atoms with Crippen molar-refractivity contribution >= 4 is 29.9 Å². The minimum absolute atomic E-state index is 0. The van der Waals surface area contributed by atoms with Crippen molar-refractivity contribution in [1.82, 2.24) is 20.4 Å². The van der Waals surface area contributed by atoms with Crippen molar-refractivity contribution in [3.63, 3.8) is 0 Å². The van der Waals surface area contributed by atoms with E-state index in [0.29, 0.717) is 18.5 Å². The minimum Gasteiger partial charge on any atom is -0.385 e. The molecule has 1 aromatic carbocycles. The molecule has 0 spiro atoms. The van der Waals surface area contributed by atoms with Crippen LogP contribution in [0, 0.1) is 0 Å². The lowest BCUT2D eigenvalue weighted by molar-refractivity contribution is 0.00990. The molecule has 3 rings (SSSR count). The van der Waals surface area contributed by atoms with Gasteiger partial charge in [0.25, 0.3) is 5.89 Å². The van der Waals surface area contributed by atoms with E-state index >= 15 is 0 Å². The smallest absolute Gasteiger partial charge is 0.257 e. The SMILES string of the molecule is CCCc1noc(-c2cccc(CN=C(NCC)N3CCC(OCCCOC)CC3)c2)n1.I. The third-order valence-corrected chi connectivity index (χ3v) is 5.45. The fourth-order valence-electron chi connectivity index (χ4n) is 3.78. The summed E-state index contributed by atoms with van der Waals surface area (Å²) in [5.41, 5.74) is 2.05. The van der Waals surface area contributed by atoms with Crippen LogP contribution in [0.3, 0.4) is 0 Å². The zero-order chi connectivity index (χ0) is 22.6. The van der Waals surface area contributed by atoms with Crippen LogP contribution in [0.2, 0.25) is 0 Å². The normalized spacial score (nSPS) is 14.9. The molecular formula is C24H38IN5O3. The van der Waals surface area contributed by atoms with E-state index in [1.54, 1.807) is 7.11 Å². The highest BCUT2D eigenvalue weighted by Gasteiger charge is 2.21. The number of piperidine rings is 1. The van der Waals surface area contributed by atoms with E-state index in [1.807, 2.05) is 12.1 Å². The Labute approximate surface area is 214 Å². The molecule has 9 heteroatoms. The predicted molar refractivity (Wildman–Crippen MR) is 141 cm³/mol. The van der Waals surface area contributed by atoms with Crippen LogP contribution in [-0.2, 0) is 22.4 Å². The maximum absolute atomic E-state index is 5.99. The first-order chi connectivity index (χ1) is 15.7. The number of guanidine groups is 1. The van der Waals surface area contributed by atoms with Crippen LogP contribution >= 0.6 is 24.0 Å². The second-order valence-electron chi connectivity index (χ2n) is 8.04. The largest absolute Gasteiger partial charge is 0.385 e. The van der Waals surface area contributed by atoms with Crippen molar-refractivity contribution in [3.05, 3.63) is 35.7 Å². The third kappa shape index (κ3) is 8.86. The molecule has 0 bridgehead atoms. The molecule has 8 nitrogen and oxygen atoms in total. The molecule has 184 valence electrons. The van der Waals surface area contributed by atoms with Crippen LogP contribution in [-0.4, -0.2) is 67.1 Å². The monoisotopic (exact) mass is 571 g/mol. The number of hydrogen-bond donors (Lipinski definition) is 1. The average Bonchev–Trinajstić information content (AvgIpc) is 3.29. The molecule has 0 radical (unpaired) electrons. The number of ether oxygens (including phenoxy) is 2. The van der Waals surface area contributed by atoms with Crippen LogP contribution in [0.1, 0.15) is 50.9 Å². The van der Waals surface area contributed by atoms with Crippen molar-refractivity contribution < 1.29 is 14.0 Å². The number of hydrogen-bond acceptors (Lipinski definition) is 6. The summed E-state index contributed by atoms with van der Waals surface area (Å²) in [6.07, 6.45) is 5.14. The van der Waals surface area contributed by atoms with Crippen LogP contribution in [0.15, 0.2) is 33.8 Å². The van der Waals surface area contributed by atoms with Crippen LogP contribution in [0.25, 0.3) is 11.5 Å². The first kappa shape index (κ1) is 27.5. The summed E-state index contributed by atoms with van der Waals surface area (Å²) in [4.78, 5) is 11.7. The Hall–Kier alpha value is -1.72. The molecule has 1 N–H and O–H groups in total. The Bertz CT molecular complexity index is 837. The fraction of sp³-hybridized carbons (Fsp3) is 0.625.